The van der Waals surface area contributed by atoms with E-state index in [0.29, 0.717) is 13.8 Å². The molecule has 2 nitrogen and oxygen atoms in total. The van der Waals surface area contributed by atoms with Gasteiger partial charge in [0.25, 0.3) is 0 Å². The lowest BCUT2D eigenvalue weighted by molar-refractivity contribution is -0.137. The van der Waals surface area contributed by atoms with E-state index in [2.05, 4.69) is 26.2 Å². The maximum Gasteiger partial charge on any atom is 0.418 e. The van der Waals surface area contributed by atoms with Crippen LogP contribution in [0.3, 0.4) is 0 Å². The lowest BCUT2D eigenvalue weighted by atomic mass is 10.1. The van der Waals surface area contributed by atoms with E-state index in [0.717, 1.165) is 6.07 Å². The lowest BCUT2D eigenvalue weighted by Gasteiger charge is -2.14. The van der Waals surface area contributed by atoms with Crippen LogP contribution in [0.5, 0.6) is 0 Å². The minimum absolute atomic E-state index is 0.0158. The van der Waals surface area contributed by atoms with Gasteiger partial charge in [-0.2, -0.15) is 13.2 Å². The molecule has 0 spiro atoms. The summed E-state index contributed by atoms with van der Waals surface area (Å²) in [6.07, 6.45) is -2.94. The van der Waals surface area contributed by atoms with Crippen LogP contribution in [0, 0.1) is 0 Å². The highest BCUT2D eigenvalue weighted by atomic mass is 79.9. The number of aromatic nitrogens is 1. The van der Waals surface area contributed by atoms with Gasteiger partial charge in [0.1, 0.15) is 9.34 Å². The Hall–Kier alpha value is -0.790. The van der Waals surface area contributed by atoms with Crippen molar-refractivity contribution in [3.63, 3.8) is 0 Å². The molecular formula is C11H7BrClF3N2S. The Morgan fingerprint density at radius 1 is 1.37 bits per heavy atom. The molecule has 0 aliphatic carbocycles. The van der Waals surface area contributed by atoms with Crippen molar-refractivity contribution < 1.29 is 13.2 Å². The standard InChI is InChI=1S/C11H7BrClF3N2S/c12-6-1-2-8(7(3-6)11(14,15)16)17-5-10-18-4-9(13)19-10/h1-4,17H,5H2. The van der Waals surface area contributed by atoms with Gasteiger partial charge in [0.15, 0.2) is 0 Å². The van der Waals surface area contributed by atoms with Gasteiger partial charge in [0, 0.05) is 10.2 Å². The molecule has 19 heavy (non-hydrogen) atoms. The van der Waals surface area contributed by atoms with Crippen molar-refractivity contribution in [2.45, 2.75) is 12.7 Å². The van der Waals surface area contributed by atoms with E-state index in [4.69, 9.17) is 11.6 Å². The average molecular weight is 372 g/mol. The molecule has 0 fully saturated rings. The predicted molar refractivity (Wildman–Crippen MR) is 73.6 cm³/mol. The molecule has 0 saturated heterocycles. The molecule has 1 aromatic heterocycles. The molecule has 0 unspecified atom stereocenters. The normalized spacial score (nSPS) is 11.6. The van der Waals surface area contributed by atoms with Crippen molar-refractivity contribution in [2.75, 3.05) is 5.32 Å². The van der Waals surface area contributed by atoms with Crippen LogP contribution in [-0.4, -0.2) is 4.98 Å². The topological polar surface area (TPSA) is 24.9 Å². The third kappa shape index (κ3) is 3.84. The summed E-state index contributed by atoms with van der Waals surface area (Å²) in [5.41, 5.74) is -0.702. The number of rotatable bonds is 3. The minimum Gasteiger partial charge on any atom is -0.378 e. The Bertz CT molecular complexity index is 586. The van der Waals surface area contributed by atoms with E-state index in [9.17, 15) is 13.2 Å². The van der Waals surface area contributed by atoms with Crippen LogP contribution in [0.2, 0.25) is 4.34 Å². The number of nitrogens with zero attached hydrogens (tertiary/aromatic N) is 1. The van der Waals surface area contributed by atoms with Crippen molar-refractivity contribution >= 4 is 44.6 Å². The highest BCUT2D eigenvalue weighted by Gasteiger charge is 2.33. The van der Waals surface area contributed by atoms with Crippen LogP contribution in [0.15, 0.2) is 28.9 Å². The van der Waals surface area contributed by atoms with Crippen LogP contribution in [0.4, 0.5) is 18.9 Å². The molecule has 0 aliphatic rings. The summed E-state index contributed by atoms with van der Waals surface area (Å²) in [6, 6.07) is 3.96. The first-order valence-electron chi connectivity index (χ1n) is 5.07. The zero-order valence-corrected chi connectivity index (χ0v) is 12.4. The number of hydrogen-bond acceptors (Lipinski definition) is 3. The first-order chi connectivity index (χ1) is 8.86. The lowest BCUT2D eigenvalue weighted by Crippen LogP contribution is -2.10. The molecule has 2 aromatic rings. The first-order valence-corrected chi connectivity index (χ1v) is 7.06. The number of alkyl halides is 3. The Morgan fingerprint density at radius 3 is 2.68 bits per heavy atom. The second kappa shape index (κ2) is 5.68. The number of halogens is 5. The molecule has 0 radical (unpaired) electrons. The molecule has 0 aliphatic heterocycles. The van der Waals surface area contributed by atoms with Gasteiger partial charge in [-0.25, -0.2) is 4.98 Å². The smallest absolute Gasteiger partial charge is 0.378 e. The quantitative estimate of drug-likeness (QED) is 0.803. The third-order valence-corrected chi connectivity index (χ3v) is 3.85. The third-order valence-electron chi connectivity index (χ3n) is 2.24. The van der Waals surface area contributed by atoms with Crippen LogP contribution >= 0.6 is 38.9 Å². The van der Waals surface area contributed by atoms with Crippen LogP contribution in [0.25, 0.3) is 0 Å². The van der Waals surface area contributed by atoms with Gasteiger partial charge in [-0.3, -0.25) is 0 Å². The highest BCUT2D eigenvalue weighted by Crippen LogP contribution is 2.36. The number of benzene rings is 1. The van der Waals surface area contributed by atoms with Crippen LogP contribution in [-0.2, 0) is 12.7 Å². The maximum absolute atomic E-state index is 12.9. The molecule has 1 N–H and O–H groups in total. The molecule has 0 bridgehead atoms. The molecule has 0 amide bonds. The van der Waals surface area contributed by atoms with Gasteiger partial charge in [-0.15, -0.1) is 11.3 Å². The number of nitrogens with one attached hydrogen (secondary N) is 1. The minimum atomic E-state index is -4.41. The summed E-state index contributed by atoms with van der Waals surface area (Å²) in [4.78, 5) is 3.97. The van der Waals surface area contributed by atoms with Gasteiger partial charge in [0.05, 0.1) is 18.3 Å². The zero-order chi connectivity index (χ0) is 14.0. The summed E-state index contributed by atoms with van der Waals surface area (Å²) in [7, 11) is 0. The van der Waals surface area contributed by atoms with Gasteiger partial charge in [-0.05, 0) is 18.2 Å². The Morgan fingerprint density at radius 2 is 2.11 bits per heavy atom. The number of hydrogen-bond donors (Lipinski definition) is 1. The van der Waals surface area contributed by atoms with Crippen molar-refractivity contribution in [1.82, 2.24) is 4.98 Å². The van der Waals surface area contributed by atoms with E-state index in [1.54, 1.807) is 6.07 Å². The SMILES string of the molecule is FC(F)(F)c1cc(Br)ccc1NCc1ncc(Cl)s1. The van der Waals surface area contributed by atoms with Crippen LogP contribution in [0.1, 0.15) is 10.6 Å². The van der Waals surface area contributed by atoms with E-state index in [-0.39, 0.29) is 12.2 Å². The van der Waals surface area contributed by atoms with E-state index >= 15 is 0 Å². The van der Waals surface area contributed by atoms with E-state index in [1.807, 2.05) is 0 Å². The van der Waals surface area contributed by atoms with E-state index < -0.39 is 11.7 Å². The van der Waals surface area contributed by atoms with E-state index in [1.165, 1.54) is 23.6 Å². The summed E-state index contributed by atoms with van der Waals surface area (Å²) in [6.45, 7) is 0.197. The highest BCUT2D eigenvalue weighted by molar-refractivity contribution is 9.10. The fraction of sp³-hybridized carbons (Fsp3) is 0.182. The largest absolute Gasteiger partial charge is 0.418 e. The second-order valence-corrected chi connectivity index (χ2v) is 6.26. The molecule has 1 aromatic carbocycles. The van der Waals surface area contributed by atoms with Crippen LogP contribution < -0.4 is 5.32 Å². The monoisotopic (exact) mass is 370 g/mol. The summed E-state index contributed by atoms with van der Waals surface area (Å²) in [5.74, 6) is 0. The molecule has 102 valence electrons. The first kappa shape index (κ1) is 14.6. The van der Waals surface area contributed by atoms with Crippen molar-refractivity contribution in [3.05, 3.63) is 43.8 Å². The van der Waals surface area contributed by atoms with Crippen molar-refractivity contribution in [3.8, 4) is 0 Å². The van der Waals surface area contributed by atoms with Crippen molar-refractivity contribution in [2.24, 2.45) is 0 Å². The van der Waals surface area contributed by atoms with Gasteiger partial charge in [-0.1, -0.05) is 27.5 Å². The fourth-order valence-corrected chi connectivity index (χ4v) is 2.70. The fourth-order valence-electron chi connectivity index (χ4n) is 1.45. The second-order valence-electron chi connectivity index (χ2n) is 3.60. The summed E-state index contributed by atoms with van der Waals surface area (Å²) < 4.78 is 39.5. The van der Waals surface area contributed by atoms with Gasteiger partial charge >= 0.3 is 6.18 Å². The molecular weight excluding hydrogens is 365 g/mol. The van der Waals surface area contributed by atoms with Gasteiger partial charge in [0.2, 0.25) is 0 Å². The average Bonchev–Trinajstić information content (AvgIpc) is 2.72. The molecule has 0 atom stereocenters. The zero-order valence-electron chi connectivity index (χ0n) is 9.26. The Labute approximate surface area is 124 Å². The molecule has 1 heterocycles. The Kier molecular flexibility index (Phi) is 4.37. The van der Waals surface area contributed by atoms with Crippen molar-refractivity contribution in [1.29, 1.82) is 0 Å². The molecule has 2 rings (SSSR count). The number of anilines is 1. The Balaban J connectivity index is 2.20. The summed E-state index contributed by atoms with van der Waals surface area (Å²) >= 11 is 9.97. The van der Waals surface area contributed by atoms with Gasteiger partial charge < -0.3 is 5.32 Å². The maximum atomic E-state index is 12.9. The number of thiazole rings is 1. The predicted octanol–water partition coefficient (Wildman–Crippen LogP) is 5.19. The molecule has 0 saturated carbocycles. The summed E-state index contributed by atoms with van der Waals surface area (Å²) in [5, 5.41) is 3.35. The molecule has 8 heteroatoms.